The Kier molecular flexibility index (Phi) is 8.22. The lowest BCUT2D eigenvalue weighted by molar-refractivity contribution is -0.120. The largest absolute Gasteiger partial charge is 0.444 e. The summed E-state index contributed by atoms with van der Waals surface area (Å²) in [4.78, 5) is 35.2. The minimum Gasteiger partial charge on any atom is -0.444 e. The van der Waals surface area contributed by atoms with Crippen LogP contribution in [-0.4, -0.2) is 30.1 Å². The molecule has 0 aliphatic carbocycles. The van der Waals surface area contributed by atoms with Gasteiger partial charge >= 0.3 is 6.09 Å². The summed E-state index contributed by atoms with van der Waals surface area (Å²) in [6, 6.07) is 7.15. The first-order valence-corrected chi connectivity index (χ1v) is 9.17. The normalized spacial score (nSPS) is 11.8. The van der Waals surface area contributed by atoms with Crippen molar-refractivity contribution in [2.45, 2.75) is 53.7 Å². The molecular weight excluding hydrogens is 358 g/mol. The van der Waals surface area contributed by atoms with Crippen LogP contribution in [0.25, 0.3) is 0 Å². The molecule has 0 atom stereocenters. The van der Waals surface area contributed by atoms with Crippen LogP contribution >= 0.6 is 0 Å². The quantitative estimate of drug-likeness (QED) is 0.650. The van der Waals surface area contributed by atoms with Crippen molar-refractivity contribution >= 4 is 23.6 Å². The van der Waals surface area contributed by atoms with Crippen LogP contribution in [-0.2, 0) is 20.9 Å². The second-order valence-corrected chi connectivity index (χ2v) is 8.52. The summed E-state index contributed by atoms with van der Waals surface area (Å²) < 4.78 is 5.06. The van der Waals surface area contributed by atoms with Crippen molar-refractivity contribution in [2.24, 2.45) is 5.41 Å². The molecule has 1 rings (SSSR count). The smallest absolute Gasteiger partial charge is 0.408 e. The van der Waals surface area contributed by atoms with Gasteiger partial charge < -0.3 is 20.7 Å². The maximum Gasteiger partial charge on any atom is 0.408 e. The van der Waals surface area contributed by atoms with E-state index in [0.717, 1.165) is 5.56 Å². The van der Waals surface area contributed by atoms with E-state index in [0.29, 0.717) is 12.2 Å². The number of carbonyl (C=O) groups excluding carboxylic acids is 3. The number of benzene rings is 1. The van der Waals surface area contributed by atoms with E-state index in [4.69, 9.17) is 4.74 Å². The summed E-state index contributed by atoms with van der Waals surface area (Å²) in [5.74, 6) is -0.514. The fourth-order valence-corrected chi connectivity index (χ4v) is 1.95. The molecule has 28 heavy (non-hydrogen) atoms. The minimum absolute atomic E-state index is 0.0578. The van der Waals surface area contributed by atoms with Crippen molar-refractivity contribution in [1.29, 1.82) is 0 Å². The SMILES string of the molecule is CC(C)(C)/C=C/C(=O)Nc1ccc(CNC(=O)CNC(=O)OC(C)(C)C)cc1. The number of hydrogen-bond donors (Lipinski definition) is 3. The molecule has 0 radical (unpaired) electrons. The lowest BCUT2D eigenvalue weighted by atomic mass is 9.96. The van der Waals surface area contributed by atoms with Crippen LogP contribution in [0.5, 0.6) is 0 Å². The van der Waals surface area contributed by atoms with Crippen molar-refractivity contribution in [3.63, 3.8) is 0 Å². The molecule has 1 aromatic carbocycles. The summed E-state index contributed by atoms with van der Waals surface area (Å²) in [6.07, 6.45) is 2.73. The summed E-state index contributed by atoms with van der Waals surface area (Å²) in [5.41, 5.74) is 0.872. The Morgan fingerprint density at radius 1 is 0.964 bits per heavy atom. The molecule has 0 aliphatic rings. The average molecular weight is 389 g/mol. The average Bonchev–Trinajstić information content (AvgIpc) is 2.55. The van der Waals surface area contributed by atoms with E-state index in [2.05, 4.69) is 16.0 Å². The highest BCUT2D eigenvalue weighted by Gasteiger charge is 2.16. The molecule has 3 amide bonds. The third-order valence-electron chi connectivity index (χ3n) is 3.24. The molecule has 154 valence electrons. The molecule has 0 aromatic heterocycles. The van der Waals surface area contributed by atoms with Gasteiger partial charge in [0.2, 0.25) is 11.8 Å². The lowest BCUT2D eigenvalue weighted by Crippen LogP contribution is -2.39. The molecule has 0 bridgehead atoms. The van der Waals surface area contributed by atoms with Gasteiger partial charge in [-0.05, 0) is 50.0 Å². The second-order valence-electron chi connectivity index (χ2n) is 8.52. The van der Waals surface area contributed by atoms with E-state index in [1.165, 1.54) is 6.08 Å². The first-order chi connectivity index (χ1) is 12.8. The van der Waals surface area contributed by atoms with Gasteiger partial charge in [0.05, 0.1) is 0 Å². The van der Waals surface area contributed by atoms with E-state index in [9.17, 15) is 14.4 Å². The Balaban J connectivity index is 2.40. The highest BCUT2D eigenvalue weighted by Crippen LogP contribution is 2.15. The minimum atomic E-state index is -0.636. The van der Waals surface area contributed by atoms with Crippen LogP contribution in [0.3, 0.4) is 0 Å². The molecule has 0 fully saturated rings. The van der Waals surface area contributed by atoms with E-state index in [-0.39, 0.29) is 23.8 Å². The molecule has 3 N–H and O–H groups in total. The molecule has 7 heteroatoms. The first-order valence-electron chi connectivity index (χ1n) is 9.17. The zero-order chi connectivity index (χ0) is 21.4. The van der Waals surface area contributed by atoms with Crippen molar-refractivity contribution in [2.75, 3.05) is 11.9 Å². The molecule has 0 unspecified atom stereocenters. The van der Waals surface area contributed by atoms with Crippen LogP contribution in [0, 0.1) is 5.41 Å². The summed E-state index contributed by atoms with van der Waals surface area (Å²) in [7, 11) is 0. The maximum absolute atomic E-state index is 11.9. The van der Waals surface area contributed by atoms with Crippen molar-refractivity contribution in [3.8, 4) is 0 Å². The van der Waals surface area contributed by atoms with Gasteiger partial charge in [-0.2, -0.15) is 0 Å². The molecule has 0 heterocycles. The van der Waals surface area contributed by atoms with Gasteiger partial charge in [0.25, 0.3) is 0 Å². The Hall–Kier alpha value is -2.83. The number of anilines is 1. The van der Waals surface area contributed by atoms with E-state index < -0.39 is 11.7 Å². The van der Waals surface area contributed by atoms with E-state index in [1.54, 1.807) is 32.9 Å². The topological polar surface area (TPSA) is 96.5 Å². The Morgan fingerprint density at radius 3 is 2.11 bits per heavy atom. The van der Waals surface area contributed by atoms with Gasteiger partial charge in [0.15, 0.2) is 0 Å². The molecule has 0 saturated heterocycles. The number of hydrogen-bond acceptors (Lipinski definition) is 4. The maximum atomic E-state index is 11.9. The molecule has 0 saturated carbocycles. The molecule has 1 aromatic rings. The number of amides is 3. The summed E-state index contributed by atoms with van der Waals surface area (Å²) >= 11 is 0. The predicted molar refractivity (Wildman–Crippen MR) is 110 cm³/mol. The van der Waals surface area contributed by atoms with Gasteiger partial charge in [-0.1, -0.05) is 39.0 Å². The number of alkyl carbamates (subject to hydrolysis) is 1. The Morgan fingerprint density at radius 2 is 1.57 bits per heavy atom. The standard InChI is InChI=1S/C21H31N3O4/c1-20(2,3)12-11-17(25)24-16-9-7-15(8-10-16)13-22-18(26)14-23-19(27)28-21(4,5)6/h7-12H,13-14H2,1-6H3,(H,22,26)(H,23,27)(H,24,25)/b12-11+. The zero-order valence-corrected chi connectivity index (χ0v) is 17.5. The second kappa shape index (κ2) is 9.92. The highest BCUT2D eigenvalue weighted by atomic mass is 16.6. The highest BCUT2D eigenvalue weighted by molar-refractivity contribution is 5.99. The number of nitrogens with one attached hydrogen (secondary N) is 3. The van der Waals surface area contributed by atoms with Crippen LogP contribution in [0.4, 0.5) is 10.5 Å². The van der Waals surface area contributed by atoms with Crippen molar-refractivity contribution in [1.82, 2.24) is 10.6 Å². The monoisotopic (exact) mass is 389 g/mol. The number of rotatable bonds is 6. The van der Waals surface area contributed by atoms with Crippen molar-refractivity contribution < 1.29 is 19.1 Å². The van der Waals surface area contributed by atoms with Crippen LogP contribution in [0.15, 0.2) is 36.4 Å². The van der Waals surface area contributed by atoms with Gasteiger partial charge in [-0.3, -0.25) is 9.59 Å². The Bertz CT molecular complexity index is 711. The van der Waals surface area contributed by atoms with Crippen molar-refractivity contribution in [3.05, 3.63) is 42.0 Å². The zero-order valence-electron chi connectivity index (χ0n) is 17.5. The van der Waals surface area contributed by atoms with Gasteiger partial charge in [0, 0.05) is 12.2 Å². The fourth-order valence-electron chi connectivity index (χ4n) is 1.95. The van der Waals surface area contributed by atoms with Gasteiger partial charge in [0.1, 0.15) is 12.1 Å². The van der Waals surface area contributed by atoms with Gasteiger partial charge in [-0.25, -0.2) is 4.79 Å². The molecule has 0 aliphatic heterocycles. The summed E-state index contributed by atoms with van der Waals surface area (Å²) in [6.45, 7) is 11.4. The number of ether oxygens (including phenoxy) is 1. The molecule has 0 spiro atoms. The number of allylic oxidation sites excluding steroid dienone is 1. The lowest BCUT2D eigenvalue weighted by Gasteiger charge is -2.19. The van der Waals surface area contributed by atoms with E-state index >= 15 is 0 Å². The molecule has 7 nitrogen and oxygen atoms in total. The van der Waals surface area contributed by atoms with E-state index in [1.807, 2.05) is 39.0 Å². The molecular formula is C21H31N3O4. The first kappa shape index (κ1) is 23.2. The summed E-state index contributed by atoms with van der Waals surface area (Å²) in [5, 5.41) is 7.89. The van der Waals surface area contributed by atoms with Crippen LogP contribution in [0.1, 0.15) is 47.1 Å². The van der Waals surface area contributed by atoms with Crippen LogP contribution < -0.4 is 16.0 Å². The number of carbonyl (C=O) groups is 3. The third-order valence-corrected chi connectivity index (χ3v) is 3.24. The predicted octanol–water partition coefficient (Wildman–Crippen LogP) is 3.37. The Labute approximate surface area is 166 Å². The van der Waals surface area contributed by atoms with Crippen LogP contribution in [0.2, 0.25) is 0 Å². The van der Waals surface area contributed by atoms with Gasteiger partial charge in [-0.15, -0.1) is 0 Å². The third kappa shape index (κ3) is 11.0. The fraction of sp³-hybridized carbons (Fsp3) is 0.476.